The summed E-state index contributed by atoms with van der Waals surface area (Å²) in [5, 5.41) is 8.94. The number of hydrogen-bond acceptors (Lipinski definition) is 3. The van der Waals surface area contributed by atoms with Crippen molar-refractivity contribution in [1.29, 1.82) is 0 Å². The molecular formula is C14H13FN2O2. The molecule has 2 aromatic rings. The van der Waals surface area contributed by atoms with E-state index in [1.54, 1.807) is 12.1 Å². The highest BCUT2D eigenvalue weighted by Crippen LogP contribution is 2.28. The van der Waals surface area contributed by atoms with Crippen LogP contribution in [-0.4, -0.2) is 21.0 Å². The Kier molecular flexibility index (Phi) is 3.29. The van der Waals surface area contributed by atoms with E-state index in [1.807, 2.05) is 13.8 Å². The quantitative estimate of drug-likeness (QED) is 0.921. The van der Waals surface area contributed by atoms with Crippen LogP contribution in [0.25, 0.3) is 0 Å². The Balaban J connectivity index is 2.46. The van der Waals surface area contributed by atoms with Crippen molar-refractivity contribution in [2.45, 2.75) is 19.3 Å². The van der Waals surface area contributed by atoms with Crippen molar-refractivity contribution in [3.05, 3.63) is 59.4 Å². The van der Waals surface area contributed by atoms with Crippen molar-refractivity contribution in [3.8, 4) is 0 Å². The van der Waals surface area contributed by atoms with Crippen molar-refractivity contribution < 1.29 is 14.3 Å². The van der Waals surface area contributed by atoms with Crippen LogP contribution in [-0.2, 0) is 5.41 Å². The minimum Gasteiger partial charge on any atom is -0.477 e. The van der Waals surface area contributed by atoms with Crippen LogP contribution in [0.15, 0.2) is 36.5 Å². The lowest BCUT2D eigenvalue weighted by atomic mass is 9.83. The number of benzene rings is 1. The highest BCUT2D eigenvalue weighted by Gasteiger charge is 2.27. The predicted molar refractivity (Wildman–Crippen MR) is 67.5 cm³/mol. The van der Waals surface area contributed by atoms with E-state index in [-0.39, 0.29) is 11.5 Å². The molecule has 2 rings (SSSR count). The van der Waals surface area contributed by atoms with Crippen molar-refractivity contribution >= 4 is 5.97 Å². The third-order valence-electron chi connectivity index (χ3n) is 3.00. The summed E-state index contributed by atoms with van der Waals surface area (Å²) >= 11 is 0. The molecule has 0 saturated carbocycles. The van der Waals surface area contributed by atoms with Crippen molar-refractivity contribution in [2.24, 2.45) is 0 Å². The SMILES string of the molecule is CC(C)(c1ccc(F)cc1)c1nccc(C(=O)O)n1. The minimum absolute atomic E-state index is 0.0554. The number of rotatable bonds is 3. The molecule has 0 aliphatic heterocycles. The highest BCUT2D eigenvalue weighted by molar-refractivity contribution is 5.85. The fraction of sp³-hybridized carbons (Fsp3) is 0.214. The smallest absolute Gasteiger partial charge is 0.354 e. The molecule has 0 aliphatic carbocycles. The molecule has 1 aromatic carbocycles. The van der Waals surface area contributed by atoms with Gasteiger partial charge in [0, 0.05) is 11.6 Å². The number of carboxylic acids is 1. The fourth-order valence-electron chi connectivity index (χ4n) is 1.77. The number of aromatic nitrogens is 2. The molecule has 0 unspecified atom stereocenters. The van der Waals surface area contributed by atoms with Crippen LogP contribution in [0.1, 0.15) is 35.7 Å². The van der Waals surface area contributed by atoms with Gasteiger partial charge < -0.3 is 5.11 Å². The molecule has 5 heteroatoms. The maximum atomic E-state index is 12.9. The van der Waals surface area contributed by atoms with Gasteiger partial charge in [0.05, 0.1) is 0 Å². The number of aromatic carboxylic acids is 1. The zero-order chi connectivity index (χ0) is 14.0. The third-order valence-corrected chi connectivity index (χ3v) is 3.00. The van der Waals surface area contributed by atoms with Gasteiger partial charge in [-0.2, -0.15) is 0 Å². The summed E-state index contributed by atoms with van der Waals surface area (Å²) in [6, 6.07) is 7.35. The monoisotopic (exact) mass is 260 g/mol. The van der Waals surface area contributed by atoms with Gasteiger partial charge in [-0.05, 0) is 37.6 Å². The molecule has 4 nitrogen and oxygen atoms in total. The van der Waals surface area contributed by atoms with Gasteiger partial charge in [-0.25, -0.2) is 19.2 Å². The van der Waals surface area contributed by atoms with E-state index in [0.29, 0.717) is 5.82 Å². The van der Waals surface area contributed by atoms with Crippen LogP contribution in [0, 0.1) is 5.82 Å². The summed E-state index contributed by atoms with van der Waals surface area (Å²) in [4.78, 5) is 19.1. The van der Waals surface area contributed by atoms with Crippen LogP contribution < -0.4 is 0 Å². The van der Waals surface area contributed by atoms with Crippen LogP contribution in [0.2, 0.25) is 0 Å². The molecule has 0 radical (unpaired) electrons. The molecule has 0 aliphatic rings. The average molecular weight is 260 g/mol. The van der Waals surface area contributed by atoms with Crippen molar-refractivity contribution in [3.63, 3.8) is 0 Å². The first-order valence-corrected chi connectivity index (χ1v) is 5.74. The van der Waals surface area contributed by atoms with Crippen LogP contribution >= 0.6 is 0 Å². The lowest BCUT2D eigenvalue weighted by Crippen LogP contribution is -2.23. The van der Waals surface area contributed by atoms with E-state index in [2.05, 4.69) is 9.97 Å². The summed E-state index contributed by atoms with van der Waals surface area (Å²) in [7, 11) is 0. The maximum absolute atomic E-state index is 12.9. The Morgan fingerprint density at radius 1 is 1.21 bits per heavy atom. The lowest BCUT2D eigenvalue weighted by molar-refractivity contribution is 0.0689. The lowest BCUT2D eigenvalue weighted by Gasteiger charge is -2.23. The summed E-state index contributed by atoms with van der Waals surface area (Å²) in [6.45, 7) is 3.72. The Morgan fingerprint density at radius 2 is 1.84 bits per heavy atom. The van der Waals surface area contributed by atoms with E-state index in [1.165, 1.54) is 24.4 Å². The molecule has 1 heterocycles. The summed E-state index contributed by atoms with van der Waals surface area (Å²) in [6.07, 6.45) is 1.41. The molecule has 98 valence electrons. The maximum Gasteiger partial charge on any atom is 0.354 e. The molecular weight excluding hydrogens is 247 g/mol. The molecule has 1 N–H and O–H groups in total. The number of carbonyl (C=O) groups is 1. The Morgan fingerprint density at radius 3 is 2.42 bits per heavy atom. The zero-order valence-corrected chi connectivity index (χ0v) is 10.6. The van der Waals surface area contributed by atoms with E-state index >= 15 is 0 Å². The van der Waals surface area contributed by atoms with Crippen molar-refractivity contribution in [1.82, 2.24) is 9.97 Å². The predicted octanol–water partition coefficient (Wildman–Crippen LogP) is 2.64. The summed E-state index contributed by atoms with van der Waals surface area (Å²) in [5.41, 5.74) is 0.163. The molecule has 0 atom stereocenters. The third kappa shape index (κ3) is 2.59. The second-order valence-electron chi connectivity index (χ2n) is 4.70. The highest BCUT2D eigenvalue weighted by atomic mass is 19.1. The molecule has 0 spiro atoms. The Bertz CT molecular complexity index is 609. The largest absolute Gasteiger partial charge is 0.477 e. The first kappa shape index (κ1) is 13.1. The van der Waals surface area contributed by atoms with Crippen molar-refractivity contribution in [2.75, 3.05) is 0 Å². The van der Waals surface area contributed by atoms with Crippen LogP contribution in [0.3, 0.4) is 0 Å². The Hall–Kier alpha value is -2.30. The van der Waals surface area contributed by atoms with Gasteiger partial charge in [-0.1, -0.05) is 12.1 Å². The first-order valence-electron chi connectivity index (χ1n) is 5.74. The average Bonchev–Trinajstić information content (AvgIpc) is 2.39. The standard InChI is InChI=1S/C14H13FN2O2/c1-14(2,9-3-5-10(15)6-4-9)13-16-8-7-11(17-13)12(18)19/h3-8H,1-2H3,(H,18,19). The van der Waals surface area contributed by atoms with Gasteiger partial charge in [-0.3, -0.25) is 0 Å². The van der Waals surface area contributed by atoms with E-state index in [4.69, 9.17) is 5.11 Å². The molecule has 1 aromatic heterocycles. The Labute approximate surface area is 110 Å². The molecule has 19 heavy (non-hydrogen) atoms. The van der Waals surface area contributed by atoms with Gasteiger partial charge >= 0.3 is 5.97 Å². The topological polar surface area (TPSA) is 63.1 Å². The van der Waals surface area contributed by atoms with E-state index in [0.717, 1.165) is 5.56 Å². The van der Waals surface area contributed by atoms with E-state index < -0.39 is 11.4 Å². The molecule has 0 fully saturated rings. The molecule has 0 bridgehead atoms. The van der Waals surface area contributed by atoms with Gasteiger partial charge in [0.15, 0.2) is 5.69 Å². The second kappa shape index (κ2) is 4.76. The molecule has 0 saturated heterocycles. The zero-order valence-electron chi connectivity index (χ0n) is 10.6. The van der Waals surface area contributed by atoms with Crippen LogP contribution in [0.4, 0.5) is 4.39 Å². The fourth-order valence-corrected chi connectivity index (χ4v) is 1.77. The van der Waals surface area contributed by atoms with Gasteiger partial charge in [0.25, 0.3) is 0 Å². The number of nitrogens with zero attached hydrogens (tertiary/aromatic N) is 2. The number of carboxylic acid groups (broad SMARTS) is 1. The number of hydrogen-bond donors (Lipinski definition) is 1. The second-order valence-corrected chi connectivity index (χ2v) is 4.70. The summed E-state index contributed by atoms with van der Waals surface area (Å²) in [5.74, 6) is -1.03. The number of halogens is 1. The molecule has 0 amide bonds. The summed E-state index contributed by atoms with van der Waals surface area (Å²) < 4.78 is 12.9. The van der Waals surface area contributed by atoms with Gasteiger partial charge in [0.2, 0.25) is 0 Å². The van der Waals surface area contributed by atoms with Gasteiger partial charge in [-0.15, -0.1) is 0 Å². The van der Waals surface area contributed by atoms with Gasteiger partial charge in [0.1, 0.15) is 11.6 Å². The first-order chi connectivity index (χ1) is 8.91. The van der Waals surface area contributed by atoms with E-state index in [9.17, 15) is 9.18 Å². The van der Waals surface area contributed by atoms with Crippen LogP contribution in [0.5, 0.6) is 0 Å². The normalized spacial score (nSPS) is 11.3. The minimum atomic E-state index is -1.10.